The van der Waals surface area contributed by atoms with Gasteiger partial charge in [-0.25, -0.2) is 0 Å². The molecule has 0 saturated carbocycles. The topological polar surface area (TPSA) is 55.4 Å². The minimum atomic E-state index is -0.773. The van der Waals surface area contributed by atoms with Crippen molar-refractivity contribution in [3.63, 3.8) is 0 Å². The van der Waals surface area contributed by atoms with E-state index in [-0.39, 0.29) is 18.1 Å². The van der Waals surface area contributed by atoms with Crippen LogP contribution in [0.2, 0.25) is 0 Å². The minimum absolute atomic E-state index is 0.239. The summed E-state index contributed by atoms with van der Waals surface area (Å²) in [7, 11) is 0. The molecule has 4 nitrogen and oxygen atoms in total. The number of rotatable bonds is 6. The maximum atomic E-state index is 12.4. The third-order valence-electron chi connectivity index (χ3n) is 3.64. The zero-order valence-corrected chi connectivity index (χ0v) is 13.4. The Kier molecular flexibility index (Phi) is 6.53. The van der Waals surface area contributed by atoms with E-state index in [4.69, 9.17) is 4.74 Å². The molecule has 4 heteroatoms. The Hall–Kier alpha value is -1.06. The lowest BCUT2D eigenvalue weighted by molar-refractivity contribution is -0.157. The Morgan fingerprint density at radius 3 is 1.84 bits per heavy atom. The van der Waals surface area contributed by atoms with Gasteiger partial charge < -0.3 is 10.1 Å². The van der Waals surface area contributed by atoms with Gasteiger partial charge in [-0.05, 0) is 32.1 Å². The van der Waals surface area contributed by atoms with Crippen LogP contribution in [0.4, 0.5) is 0 Å². The van der Waals surface area contributed by atoms with Crippen molar-refractivity contribution in [2.75, 3.05) is 6.61 Å². The highest BCUT2D eigenvalue weighted by atomic mass is 16.5. The van der Waals surface area contributed by atoms with Crippen LogP contribution in [-0.4, -0.2) is 24.0 Å². The maximum Gasteiger partial charge on any atom is 0.319 e. The van der Waals surface area contributed by atoms with Gasteiger partial charge in [-0.2, -0.15) is 0 Å². The fourth-order valence-electron chi connectivity index (χ4n) is 1.88. The molecule has 1 N–H and O–H groups in total. The lowest BCUT2D eigenvalue weighted by Crippen LogP contribution is -2.52. The summed E-state index contributed by atoms with van der Waals surface area (Å²) in [4.78, 5) is 24.4. The highest BCUT2D eigenvalue weighted by molar-refractivity contribution is 5.98. The van der Waals surface area contributed by atoms with Crippen molar-refractivity contribution in [3.8, 4) is 0 Å². The molecular formula is C15H29NO3. The van der Waals surface area contributed by atoms with E-state index >= 15 is 0 Å². The SMILES string of the molecule is CCOC(=O)C(C(=O)NC(C)(CC)CC)C(C)(C)C. The molecule has 0 heterocycles. The van der Waals surface area contributed by atoms with Gasteiger partial charge in [0, 0.05) is 5.54 Å². The largest absolute Gasteiger partial charge is 0.465 e. The summed E-state index contributed by atoms with van der Waals surface area (Å²) >= 11 is 0. The molecule has 0 aliphatic heterocycles. The van der Waals surface area contributed by atoms with E-state index in [0.29, 0.717) is 0 Å². The fourth-order valence-corrected chi connectivity index (χ4v) is 1.88. The Labute approximate surface area is 117 Å². The second kappa shape index (κ2) is 6.92. The zero-order valence-electron chi connectivity index (χ0n) is 13.4. The summed E-state index contributed by atoms with van der Waals surface area (Å²) in [6, 6.07) is 0. The second-order valence-electron chi connectivity index (χ2n) is 6.31. The van der Waals surface area contributed by atoms with Crippen LogP contribution in [0, 0.1) is 11.3 Å². The van der Waals surface area contributed by atoms with Crippen molar-refractivity contribution in [2.24, 2.45) is 11.3 Å². The molecule has 0 aliphatic rings. The first-order chi connectivity index (χ1) is 8.61. The molecule has 0 spiro atoms. The highest BCUT2D eigenvalue weighted by Gasteiger charge is 2.40. The quantitative estimate of drug-likeness (QED) is 0.597. The lowest BCUT2D eigenvalue weighted by atomic mass is 9.79. The van der Waals surface area contributed by atoms with Crippen LogP contribution in [0.25, 0.3) is 0 Å². The summed E-state index contributed by atoms with van der Waals surface area (Å²) in [6.07, 6.45) is 1.66. The molecule has 19 heavy (non-hydrogen) atoms. The Morgan fingerprint density at radius 2 is 1.53 bits per heavy atom. The number of nitrogens with one attached hydrogen (secondary N) is 1. The van der Waals surface area contributed by atoms with E-state index in [0.717, 1.165) is 12.8 Å². The van der Waals surface area contributed by atoms with Gasteiger partial charge in [-0.1, -0.05) is 34.6 Å². The predicted octanol–water partition coefficient (Wildman–Crippen LogP) is 2.91. The number of carbonyl (C=O) groups is 2. The lowest BCUT2D eigenvalue weighted by Gasteiger charge is -2.34. The third kappa shape index (κ3) is 5.21. The van der Waals surface area contributed by atoms with Gasteiger partial charge in [0.1, 0.15) is 5.92 Å². The molecule has 1 atom stereocenters. The van der Waals surface area contributed by atoms with Crippen molar-refractivity contribution in [2.45, 2.75) is 66.8 Å². The van der Waals surface area contributed by atoms with E-state index in [1.165, 1.54) is 0 Å². The number of hydrogen-bond donors (Lipinski definition) is 1. The minimum Gasteiger partial charge on any atom is -0.465 e. The third-order valence-corrected chi connectivity index (χ3v) is 3.64. The second-order valence-corrected chi connectivity index (χ2v) is 6.31. The summed E-state index contributed by atoms with van der Waals surface area (Å²) in [5.74, 6) is -1.45. The van der Waals surface area contributed by atoms with Crippen LogP contribution in [0.5, 0.6) is 0 Å². The van der Waals surface area contributed by atoms with Gasteiger partial charge in [-0.3, -0.25) is 9.59 Å². The monoisotopic (exact) mass is 271 g/mol. The zero-order chi connectivity index (χ0) is 15.3. The van der Waals surface area contributed by atoms with Gasteiger partial charge in [0.15, 0.2) is 0 Å². The van der Waals surface area contributed by atoms with E-state index < -0.39 is 17.3 Å². The van der Waals surface area contributed by atoms with Crippen LogP contribution < -0.4 is 5.32 Å². The van der Waals surface area contributed by atoms with E-state index in [1.54, 1.807) is 6.92 Å². The number of esters is 1. The Morgan fingerprint density at radius 1 is 1.05 bits per heavy atom. The van der Waals surface area contributed by atoms with Crippen molar-refractivity contribution in [1.82, 2.24) is 5.32 Å². The van der Waals surface area contributed by atoms with E-state index in [1.807, 2.05) is 41.5 Å². The summed E-state index contributed by atoms with van der Waals surface area (Å²) < 4.78 is 5.03. The molecule has 1 amide bonds. The number of carbonyl (C=O) groups excluding carboxylic acids is 2. The van der Waals surface area contributed by atoms with Crippen LogP contribution in [-0.2, 0) is 14.3 Å². The normalized spacial score (nSPS) is 13.8. The average Bonchev–Trinajstić information content (AvgIpc) is 2.27. The van der Waals surface area contributed by atoms with Crippen molar-refractivity contribution < 1.29 is 14.3 Å². The number of amides is 1. The van der Waals surface area contributed by atoms with Crippen LogP contribution in [0.15, 0.2) is 0 Å². The summed E-state index contributed by atoms with van der Waals surface area (Å²) in [5.41, 5.74) is -0.730. The molecular weight excluding hydrogens is 242 g/mol. The molecule has 0 radical (unpaired) electrons. The first kappa shape index (κ1) is 17.9. The molecule has 0 rings (SSSR count). The molecule has 112 valence electrons. The van der Waals surface area contributed by atoms with Crippen LogP contribution >= 0.6 is 0 Å². The first-order valence-corrected chi connectivity index (χ1v) is 7.10. The summed E-state index contributed by atoms with van der Waals surface area (Å²) in [6.45, 7) is 13.7. The first-order valence-electron chi connectivity index (χ1n) is 7.10. The standard InChI is InChI=1S/C15H29NO3/c1-8-15(7,9-2)16-12(17)11(14(4,5)6)13(18)19-10-3/h11H,8-10H2,1-7H3,(H,16,17). The van der Waals surface area contributed by atoms with E-state index in [2.05, 4.69) is 5.32 Å². The molecule has 0 fully saturated rings. The molecule has 1 unspecified atom stereocenters. The van der Waals surface area contributed by atoms with Gasteiger partial charge >= 0.3 is 5.97 Å². The van der Waals surface area contributed by atoms with Crippen LogP contribution in [0.1, 0.15) is 61.3 Å². The molecule has 0 bridgehead atoms. The summed E-state index contributed by atoms with van der Waals surface area (Å²) in [5, 5.41) is 3.00. The number of ether oxygens (including phenoxy) is 1. The van der Waals surface area contributed by atoms with Crippen molar-refractivity contribution in [1.29, 1.82) is 0 Å². The molecule has 0 aromatic rings. The molecule has 0 aromatic heterocycles. The maximum absolute atomic E-state index is 12.4. The van der Waals surface area contributed by atoms with Crippen LogP contribution in [0.3, 0.4) is 0 Å². The van der Waals surface area contributed by atoms with Crippen molar-refractivity contribution in [3.05, 3.63) is 0 Å². The smallest absolute Gasteiger partial charge is 0.319 e. The van der Waals surface area contributed by atoms with Gasteiger partial charge in [0.25, 0.3) is 0 Å². The fraction of sp³-hybridized carbons (Fsp3) is 0.867. The molecule has 0 aromatic carbocycles. The van der Waals surface area contributed by atoms with E-state index in [9.17, 15) is 9.59 Å². The Bertz CT molecular complexity index is 314. The molecule has 0 aliphatic carbocycles. The Balaban J connectivity index is 5.09. The average molecular weight is 271 g/mol. The highest BCUT2D eigenvalue weighted by Crippen LogP contribution is 2.28. The van der Waals surface area contributed by atoms with Gasteiger partial charge in [-0.15, -0.1) is 0 Å². The van der Waals surface area contributed by atoms with Gasteiger partial charge in [0.05, 0.1) is 6.61 Å². The van der Waals surface area contributed by atoms with Crippen molar-refractivity contribution >= 4 is 11.9 Å². The predicted molar refractivity (Wildman–Crippen MR) is 76.7 cm³/mol. The van der Waals surface area contributed by atoms with Gasteiger partial charge in [0.2, 0.25) is 5.91 Å². The molecule has 0 saturated heterocycles. The number of hydrogen-bond acceptors (Lipinski definition) is 3.